The molecule has 1 aliphatic heterocycles. The highest BCUT2D eigenvalue weighted by Crippen LogP contribution is 2.11. The number of nitrogens with one attached hydrogen (secondary N) is 2. The van der Waals surface area contributed by atoms with Crippen molar-refractivity contribution in [2.45, 2.75) is 32.3 Å². The second-order valence-electron chi connectivity index (χ2n) is 5.86. The fraction of sp³-hybridized carbons (Fsp3) is 0.611. The second kappa shape index (κ2) is 13.2. The Morgan fingerprint density at radius 1 is 1.35 bits per heavy atom. The predicted octanol–water partition coefficient (Wildman–Crippen LogP) is 2.88. The van der Waals surface area contributed by atoms with Crippen LogP contribution in [-0.2, 0) is 15.9 Å². The maximum absolute atomic E-state index is 13.6. The molecule has 1 aromatic carbocycles. The van der Waals surface area contributed by atoms with Gasteiger partial charge in [0.2, 0.25) is 0 Å². The smallest absolute Gasteiger partial charge is 0.191 e. The number of nitrogens with zero attached hydrogens (tertiary/aromatic N) is 1. The summed E-state index contributed by atoms with van der Waals surface area (Å²) in [5.74, 6) is -0.923. The predicted molar refractivity (Wildman–Crippen MR) is 109 cm³/mol. The van der Waals surface area contributed by atoms with Gasteiger partial charge in [-0.05, 0) is 37.8 Å². The molecule has 0 spiro atoms. The molecule has 2 N–H and O–H groups in total. The Morgan fingerprint density at radius 3 is 2.92 bits per heavy atom. The molecule has 1 aliphatic rings. The Kier molecular flexibility index (Phi) is 11.7. The van der Waals surface area contributed by atoms with E-state index in [1.165, 1.54) is 6.07 Å². The van der Waals surface area contributed by atoms with E-state index in [4.69, 9.17) is 9.47 Å². The number of guanidine groups is 1. The lowest BCUT2D eigenvalue weighted by molar-refractivity contribution is 0.0424. The highest BCUT2D eigenvalue weighted by molar-refractivity contribution is 14.0. The van der Waals surface area contributed by atoms with E-state index in [1.54, 1.807) is 6.07 Å². The van der Waals surface area contributed by atoms with Gasteiger partial charge in [0.25, 0.3) is 0 Å². The van der Waals surface area contributed by atoms with Crippen molar-refractivity contribution in [2.24, 2.45) is 4.99 Å². The summed E-state index contributed by atoms with van der Waals surface area (Å²) in [7, 11) is 0. The third kappa shape index (κ3) is 8.13. The lowest BCUT2D eigenvalue weighted by atomic mass is 10.1. The van der Waals surface area contributed by atoms with Crippen molar-refractivity contribution in [3.05, 3.63) is 35.4 Å². The van der Waals surface area contributed by atoms with Crippen molar-refractivity contribution >= 4 is 29.9 Å². The molecule has 1 saturated heterocycles. The zero-order valence-corrected chi connectivity index (χ0v) is 17.4. The average Bonchev–Trinajstić information content (AvgIpc) is 3.11. The van der Waals surface area contributed by atoms with Gasteiger partial charge < -0.3 is 20.1 Å². The summed E-state index contributed by atoms with van der Waals surface area (Å²) in [5.41, 5.74) is 0.357. The van der Waals surface area contributed by atoms with E-state index < -0.39 is 11.6 Å². The molecule has 1 aromatic rings. The van der Waals surface area contributed by atoms with Crippen LogP contribution in [0.25, 0.3) is 0 Å². The summed E-state index contributed by atoms with van der Waals surface area (Å²) in [5, 5.41) is 6.27. The third-order valence-corrected chi connectivity index (χ3v) is 3.88. The highest BCUT2D eigenvalue weighted by Gasteiger charge is 2.15. The molecule has 8 heteroatoms. The van der Waals surface area contributed by atoms with Crippen LogP contribution in [0.1, 0.15) is 25.3 Å². The largest absolute Gasteiger partial charge is 0.379 e. The summed E-state index contributed by atoms with van der Waals surface area (Å²) in [6.07, 6.45) is 2.39. The first-order chi connectivity index (χ1) is 12.2. The Morgan fingerprint density at radius 2 is 2.19 bits per heavy atom. The molecule has 1 heterocycles. The van der Waals surface area contributed by atoms with E-state index in [-0.39, 0.29) is 30.1 Å². The first-order valence-electron chi connectivity index (χ1n) is 8.85. The van der Waals surface area contributed by atoms with Crippen molar-refractivity contribution in [2.75, 3.05) is 39.5 Å². The normalized spacial score (nSPS) is 17.0. The molecule has 2 rings (SSSR count). The van der Waals surface area contributed by atoms with Crippen LogP contribution in [0.15, 0.2) is 23.2 Å². The fourth-order valence-electron chi connectivity index (χ4n) is 2.55. The van der Waals surface area contributed by atoms with Gasteiger partial charge in [0.1, 0.15) is 0 Å². The van der Waals surface area contributed by atoms with Crippen molar-refractivity contribution < 1.29 is 18.3 Å². The minimum absolute atomic E-state index is 0. The van der Waals surface area contributed by atoms with E-state index in [9.17, 15) is 8.78 Å². The van der Waals surface area contributed by atoms with Crippen LogP contribution in [0.4, 0.5) is 8.78 Å². The number of ether oxygens (including phenoxy) is 2. The van der Waals surface area contributed by atoms with Crippen LogP contribution in [0.3, 0.4) is 0 Å². The van der Waals surface area contributed by atoms with Crippen molar-refractivity contribution in [1.29, 1.82) is 0 Å². The van der Waals surface area contributed by atoms with Crippen molar-refractivity contribution in [3.8, 4) is 0 Å². The van der Waals surface area contributed by atoms with Crippen molar-refractivity contribution in [1.82, 2.24) is 10.6 Å². The SMILES string of the molecule is CCNC(=NCCCOC1CCOC1)NCCc1cccc(F)c1F.I. The number of hydrogen-bond acceptors (Lipinski definition) is 3. The molecular weight excluding hydrogens is 455 g/mol. The lowest BCUT2D eigenvalue weighted by Gasteiger charge is -2.12. The molecule has 0 bridgehead atoms. The summed E-state index contributed by atoms with van der Waals surface area (Å²) >= 11 is 0. The highest BCUT2D eigenvalue weighted by atomic mass is 127. The number of halogens is 3. The summed E-state index contributed by atoms with van der Waals surface area (Å²) in [6, 6.07) is 4.23. The molecule has 1 atom stereocenters. The molecule has 0 aromatic heterocycles. The number of rotatable bonds is 9. The second-order valence-corrected chi connectivity index (χ2v) is 5.86. The van der Waals surface area contributed by atoms with E-state index >= 15 is 0 Å². The Balaban J connectivity index is 0.00000338. The molecule has 0 saturated carbocycles. The van der Waals surface area contributed by atoms with Crippen LogP contribution in [0, 0.1) is 11.6 Å². The van der Waals surface area contributed by atoms with Crippen LogP contribution in [0.2, 0.25) is 0 Å². The number of benzene rings is 1. The molecule has 26 heavy (non-hydrogen) atoms. The number of aliphatic imine (C=N–C) groups is 1. The van der Waals surface area contributed by atoms with E-state index in [1.807, 2.05) is 6.92 Å². The van der Waals surface area contributed by atoms with Gasteiger partial charge in [0.05, 0.1) is 12.7 Å². The topological polar surface area (TPSA) is 54.9 Å². The Labute approximate surface area is 171 Å². The summed E-state index contributed by atoms with van der Waals surface area (Å²) in [4.78, 5) is 4.46. The van der Waals surface area contributed by atoms with Gasteiger partial charge in [-0.1, -0.05) is 12.1 Å². The molecule has 148 valence electrons. The number of hydrogen-bond donors (Lipinski definition) is 2. The maximum Gasteiger partial charge on any atom is 0.191 e. The standard InChI is InChI=1S/C18H27F2N3O2.HI/c1-2-21-18(22-9-4-11-25-15-8-12-24-13-15)23-10-7-14-5-3-6-16(19)17(14)20;/h3,5-6,15H,2,4,7-13H2,1H3,(H2,21,22,23);1H. The van der Waals surface area contributed by atoms with Gasteiger partial charge in [-0.25, -0.2) is 8.78 Å². The summed E-state index contributed by atoms with van der Waals surface area (Å²) < 4.78 is 37.8. The van der Waals surface area contributed by atoms with Gasteiger partial charge >= 0.3 is 0 Å². The first-order valence-corrected chi connectivity index (χ1v) is 8.85. The molecule has 0 amide bonds. The van der Waals surface area contributed by atoms with Crippen LogP contribution in [-0.4, -0.2) is 51.5 Å². The summed E-state index contributed by atoms with van der Waals surface area (Å²) in [6.45, 7) is 5.95. The third-order valence-electron chi connectivity index (χ3n) is 3.88. The van der Waals surface area contributed by atoms with Gasteiger partial charge in [-0.2, -0.15) is 0 Å². The fourth-order valence-corrected chi connectivity index (χ4v) is 2.55. The molecule has 0 radical (unpaired) electrons. The van der Waals surface area contributed by atoms with Gasteiger partial charge in [-0.3, -0.25) is 4.99 Å². The lowest BCUT2D eigenvalue weighted by Crippen LogP contribution is -2.38. The van der Waals surface area contributed by atoms with Crippen molar-refractivity contribution in [3.63, 3.8) is 0 Å². The minimum Gasteiger partial charge on any atom is -0.379 e. The monoisotopic (exact) mass is 483 g/mol. The molecule has 5 nitrogen and oxygen atoms in total. The molecule has 1 fully saturated rings. The van der Waals surface area contributed by atoms with Gasteiger partial charge in [0.15, 0.2) is 17.6 Å². The van der Waals surface area contributed by atoms with Crippen LogP contribution < -0.4 is 10.6 Å². The maximum atomic E-state index is 13.6. The average molecular weight is 483 g/mol. The van der Waals surface area contributed by atoms with E-state index in [2.05, 4.69) is 15.6 Å². The molecule has 0 aliphatic carbocycles. The van der Waals surface area contributed by atoms with Crippen LogP contribution in [0.5, 0.6) is 0 Å². The van der Waals surface area contributed by atoms with E-state index in [0.29, 0.717) is 44.2 Å². The Hall–Kier alpha value is -1.00. The minimum atomic E-state index is -0.814. The molecular formula is C18H28F2IN3O2. The first kappa shape index (κ1) is 23.0. The molecule has 1 unspecified atom stereocenters. The quantitative estimate of drug-likeness (QED) is 0.246. The van der Waals surface area contributed by atoms with Gasteiger partial charge in [0, 0.05) is 32.8 Å². The zero-order chi connectivity index (χ0) is 17.9. The Bertz CT molecular complexity index is 555. The zero-order valence-electron chi connectivity index (χ0n) is 15.1. The van der Waals surface area contributed by atoms with Gasteiger partial charge in [-0.15, -0.1) is 24.0 Å². The van der Waals surface area contributed by atoms with Crippen LogP contribution >= 0.6 is 24.0 Å². The van der Waals surface area contributed by atoms with E-state index in [0.717, 1.165) is 32.1 Å².